The summed E-state index contributed by atoms with van der Waals surface area (Å²) in [5, 5.41) is 18.3. The van der Waals surface area contributed by atoms with Gasteiger partial charge in [0.25, 0.3) is 0 Å². The van der Waals surface area contributed by atoms with Crippen molar-refractivity contribution < 1.29 is 10.2 Å². The van der Waals surface area contributed by atoms with E-state index < -0.39 is 12.1 Å². The Balaban J connectivity index is 0.00000144. The Bertz CT molecular complexity index is 266. The molecule has 1 aromatic carbocycles. The van der Waals surface area contributed by atoms with E-state index in [0.717, 1.165) is 5.56 Å². The summed E-state index contributed by atoms with van der Waals surface area (Å²) >= 11 is 0. The quantitative estimate of drug-likeness (QED) is 0.677. The van der Waals surface area contributed by atoms with Crippen LogP contribution in [0.15, 0.2) is 24.3 Å². The molecular formula is C9H14ClNO2. The smallest absolute Gasteiger partial charge is 0.115 e. The van der Waals surface area contributed by atoms with Crippen LogP contribution in [0.3, 0.4) is 0 Å². The van der Waals surface area contributed by atoms with Gasteiger partial charge in [0.05, 0.1) is 12.1 Å². The molecule has 0 aliphatic carbocycles. The number of rotatable bonds is 2. The summed E-state index contributed by atoms with van der Waals surface area (Å²) in [5.41, 5.74) is 6.39. The summed E-state index contributed by atoms with van der Waals surface area (Å²) < 4.78 is 0. The highest BCUT2D eigenvalue weighted by atomic mass is 35.5. The number of aromatic hydroxyl groups is 1. The van der Waals surface area contributed by atoms with E-state index in [1.165, 1.54) is 0 Å². The van der Waals surface area contributed by atoms with Crippen LogP contribution in [0, 0.1) is 0 Å². The molecule has 2 atom stereocenters. The van der Waals surface area contributed by atoms with Gasteiger partial charge in [0.2, 0.25) is 0 Å². The van der Waals surface area contributed by atoms with Crippen LogP contribution in [0.4, 0.5) is 0 Å². The first-order valence-electron chi connectivity index (χ1n) is 3.84. The molecule has 1 rings (SSSR count). The predicted molar refractivity (Wildman–Crippen MR) is 54.0 cm³/mol. The normalized spacial score (nSPS) is 14.4. The summed E-state index contributed by atoms with van der Waals surface area (Å²) in [4.78, 5) is 0. The minimum atomic E-state index is -0.605. The standard InChI is InChI=1S/C9H13NO2.ClH/c1-6(11)9(10)7-3-2-4-8(12)5-7;/h2-6,9,11-12H,10H2,1H3;1H/t6-,9-;/m1./s1. The number of aliphatic hydroxyl groups is 1. The summed E-state index contributed by atoms with van der Waals surface area (Å²) in [5.74, 6) is 0.170. The fourth-order valence-corrected chi connectivity index (χ4v) is 1.01. The first-order chi connectivity index (χ1) is 5.61. The van der Waals surface area contributed by atoms with Gasteiger partial charge < -0.3 is 15.9 Å². The van der Waals surface area contributed by atoms with Crippen molar-refractivity contribution >= 4 is 12.4 Å². The summed E-state index contributed by atoms with van der Waals surface area (Å²) in [6, 6.07) is 6.16. The number of phenolic OH excluding ortho intramolecular Hbond substituents is 1. The van der Waals surface area contributed by atoms with Gasteiger partial charge >= 0.3 is 0 Å². The highest BCUT2D eigenvalue weighted by molar-refractivity contribution is 5.85. The SMILES string of the molecule is C[C@@H](O)[C@@H](N)c1cccc(O)c1.Cl. The Morgan fingerprint density at radius 2 is 2.00 bits per heavy atom. The third kappa shape index (κ3) is 3.22. The average molecular weight is 204 g/mol. The molecule has 0 aliphatic heterocycles. The van der Waals surface area contributed by atoms with Gasteiger partial charge in [-0.25, -0.2) is 0 Å². The van der Waals surface area contributed by atoms with E-state index in [1.54, 1.807) is 31.2 Å². The van der Waals surface area contributed by atoms with Crippen molar-refractivity contribution in [3.8, 4) is 5.75 Å². The summed E-state index contributed by atoms with van der Waals surface area (Å²) in [7, 11) is 0. The van der Waals surface area contributed by atoms with Crippen LogP contribution in [0.25, 0.3) is 0 Å². The van der Waals surface area contributed by atoms with E-state index in [0.29, 0.717) is 0 Å². The molecule has 0 aromatic heterocycles. The van der Waals surface area contributed by atoms with Gasteiger partial charge in [0, 0.05) is 0 Å². The monoisotopic (exact) mass is 203 g/mol. The molecule has 0 amide bonds. The van der Waals surface area contributed by atoms with E-state index in [1.807, 2.05) is 0 Å². The summed E-state index contributed by atoms with van der Waals surface area (Å²) in [6.07, 6.45) is -0.605. The number of nitrogens with two attached hydrogens (primary N) is 1. The summed E-state index contributed by atoms with van der Waals surface area (Å²) in [6.45, 7) is 1.62. The molecule has 0 heterocycles. The van der Waals surface area contributed by atoms with Gasteiger partial charge in [-0.2, -0.15) is 0 Å². The van der Waals surface area contributed by atoms with Crippen LogP contribution in [0.1, 0.15) is 18.5 Å². The Labute approximate surface area is 83.6 Å². The lowest BCUT2D eigenvalue weighted by molar-refractivity contribution is 0.164. The lowest BCUT2D eigenvalue weighted by atomic mass is 10.0. The van der Waals surface area contributed by atoms with E-state index >= 15 is 0 Å². The van der Waals surface area contributed by atoms with Gasteiger partial charge in [-0.15, -0.1) is 12.4 Å². The second-order valence-electron chi connectivity index (χ2n) is 2.86. The molecule has 13 heavy (non-hydrogen) atoms. The molecule has 4 heteroatoms. The molecular weight excluding hydrogens is 190 g/mol. The molecule has 4 N–H and O–H groups in total. The second kappa shape index (κ2) is 5.07. The van der Waals surface area contributed by atoms with Crippen molar-refractivity contribution in [3.63, 3.8) is 0 Å². The van der Waals surface area contributed by atoms with Crippen LogP contribution < -0.4 is 5.73 Å². The van der Waals surface area contributed by atoms with Crippen molar-refractivity contribution in [2.24, 2.45) is 5.73 Å². The zero-order valence-corrected chi connectivity index (χ0v) is 8.16. The van der Waals surface area contributed by atoms with Crippen molar-refractivity contribution in [3.05, 3.63) is 29.8 Å². The van der Waals surface area contributed by atoms with E-state index in [4.69, 9.17) is 15.9 Å². The van der Waals surface area contributed by atoms with Crippen molar-refractivity contribution in [2.45, 2.75) is 19.1 Å². The van der Waals surface area contributed by atoms with Crippen molar-refractivity contribution in [2.75, 3.05) is 0 Å². The largest absolute Gasteiger partial charge is 0.508 e. The zero-order valence-electron chi connectivity index (χ0n) is 7.34. The van der Waals surface area contributed by atoms with Gasteiger partial charge in [-0.3, -0.25) is 0 Å². The van der Waals surface area contributed by atoms with E-state index in [9.17, 15) is 0 Å². The van der Waals surface area contributed by atoms with E-state index in [-0.39, 0.29) is 18.2 Å². The lowest BCUT2D eigenvalue weighted by Crippen LogP contribution is -2.22. The van der Waals surface area contributed by atoms with Crippen molar-refractivity contribution in [1.29, 1.82) is 0 Å². The average Bonchev–Trinajstić information content (AvgIpc) is 2.03. The molecule has 0 aliphatic rings. The molecule has 74 valence electrons. The number of hydrogen-bond acceptors (Lipinski definition) is 3. The zero-order chi connectivity index (χ0) is 9.14. The molecule has 0 saturated heterocycles. The number of benzene rings is 1. The Morgan fingerprint density at radius 1 is 1.38 bits per heavy atom. The molecule has 3 nitrogen and oxygen atoms in total. The molecule has 0 spiro atoms. The first-order valence-corrected chi connectivity index (χ1v) is 3.84. The van der Waals surface area contributed by atoms with Gasteiger partial charge in [-0.1, -0.05) is 12.1 Å². The highest BCUT2D eigenvalue weighted by Crippen LogP contribution is 2.18. The van der Waals surface area contributed by atoms with Crippen LogP contribution in [-0.2, 0) is 0 Å². The topological polar surface area (TPSA) is 66.5 Å². The fraction of sp³-hybridized carbons (Fsp3) is 0.333. The van der Waals surface area contributed by atoms with Gasteiger partial charge in [0.15, 0.2) is 0 Å². The highest BCUT2D eigenvalue weighted by Gasteiger charge is 2.11. The van der Waals surface area contributed by atoms with Crippen molar-refractivity contribution in [1.82, 2.24) is 0 Å². The molecule has 0 bridgehead atoms. The van der Waals surface area contributed by atoms with Crippen LogP contribution in [0.5, 0.6) is 5.75 Å². The minimum absolute atomic E-state index is 0. The minimum Gasteiger partial charge on any atom is -0.508 e. The van der Waals surface area contributed by atoms with Crippen LogP contribution in [-0.4, -0.2) is 16.3 Å². The molecule has 0 fully saturated rings. The molecule has 0 saturated carbocycles. The maximum Gasteiger partial charge on any atom is 0.115 e. The molecule has 0 radical (unpaired) electrons. The van der Waals surface area contributed by atoms with Gasteiger partial charge in [0.1, 0.15) is 5.75 Å². The number of hydrogen-bond donors (Lipinski definition) is 3. The van der Waals surface area contributed by atoms with Gasteiger partial charge in [-0.05, 0) is 24.6 Å². The molecule has 1 aromatic rings. The molecule has 0 unspecified atom stereocenters. The first kappa shape index (κ1) is 12.2. The third-order valence-electron chi connectivity index (χ3n) is 1.77. The van der Waals surface area contributed by atoms with Crippen LogP contribution >= 0.6 is 12.4 Å². The predicted octanol–water partition coefficient (Wildman–Crippen LogP) is 1.19. The Kier molecular flexibility index (Phi) is 4.77. The van der Waals surface area contributed by atoms with E-state index in [2.05, 4.69) is 0 Å². The number of aliphatic hydroxyl groups excluding tert-OH is 1. The maximum atomic E-state index is 9.16. The number of phenols is 1. The maximum absolute atomic E-state index is 9.16. The Morgan fingerprint density at radius 3 is 2.46 bits per heavy atom. The number of halogens is 1. The third-order valence-corrected chi connectivity index (χ3v) is 1.77. The fourth-order valence-electron chi connectivity index (χ4n) is 1.01. The second-order valence-corrected chi connectivity index (χ2v) is 2.86. The van der Waals surface area contributed by atoms with Crippen LogP contribution in [0.2, 0.25) is 0 Å². The Hall–Kier alpha value is -0.770. The lowest BCUT2D eigenvalue weighted by Gasteiger charge is -2.14.